The van der Waals surface area contributed by atoms with Crippen LogP contribution in [0.4, 0.5) is 0 Å². The summed E-state index contributed by atoms with van der Waals surface area (Å²) in [4.78, 5) is 21.2. The molecule has 26 heavy (non-hydrogen) atoms. The van der Waals surface area contributed by atoms with Crippen molar-refractivity contribution in [3.63, 3.8) is 0 Å². The van der Waals surface area contributed by atoms with Crippen LogP contribution < -0.4 is 5.32 Å². The van der Waals surface area contributed by atoms with Gasteiger partial charge < -0.3 is 10.1 Å². The van der Waals surface area contributed by atoms with Crippen LogP contribution in [0.3, 0.4) is 0 Å². The number of fused-ring (bicyclic) bond motifs is 1. The Morgan fingerprint density at radius 2 is 2.04 bits per heavy atom. The van der Waals surface area contributed by atoms with Gasteiger partial charge in [0.05, 0.1) is 0 Å². The Morgan fingerprint density at radius 1 is 1.27 bits per heavy atom. The van der Waals surface area contributed by atoms with Gasteiger partial charge in [-0.1, -0.05) is 24.0 Å². The first-order chi connectivity index (χ1) is 12.6. The van der Waals surface area contributed by atoms with Gasteiger partial charge in [-0.3, -0.25) is 9.20 Å². The second-order valence-corrected chi connectivity index (χ2v) is 5.94. The van der Waals surface area contributed by atoms with Crippen molar-refractivity contribution in [1.29, 1.82) is 0 Å². The highest BCUT2D eigenvalue weighted by atomic mass is 16.5. The van der Waals surface area contributed by atoms with E-state index in [2.05, 4.69) is 27.1 Å². The van der Waals surface area contributed by atoms with E-state index in [0.29, 0.717) is 24.5 Å². The van der Waals surface area contributed by atoms with Crippen molar-refractivity contribution in [1.82, 2.24) is 19.7 Å². The molecule has 0 atom stereocenters. The summed E-state index contributed by atoms with van der Waals surface area (Å²) in [5.74, 6) is 5.67. The zero-order valence-electron chi connectivity index (χ0n) is 15.0. The van der Waals surface area contributed by atoms with Gasteiger partial charge in [-0.05, 0) is 37.6 Å². The van der Waals surface area contributed by atoms with Gasteiger partial charge in [0.15, 0.2) is 11.3 Å². The van der Waals surface area contributed by atoms with Crippen molar-refractivity contribution in [2.24, 2.45) is 0 Å². The fourth-order valence-electron chi connectivity index (χ4n) is 2.62. The summed E-state index contributed by atoms with van der Waals surface area (Å²) in [6.45, 7) is 4.68. The number of aromatic nitrogens is 3. The second kappa shape index (κ2) is 7.81. The Hall–Kier alpha value is -3.17. The lowest BCUT2D eigenvalue weighted by atomic mass is 10.1. The van der Waals surface area contributed by atoms with E-state index >= 15 is 0 Å². The van der Waals surface area contributed by atoms with Gasteiger partial charge in [-0.25, -0.2) is 9.97 Å². The molecule has 0 saturated heterocycles. The minimum atomic E-state index is -0.242. The molecule has 0 unspecified atom stereocenters. The van der Waals surface area contributed by atoms with Crippen molar-refractivity contribution >= 4 is 11.6 Å². The van der Waals surface area contributed by atoms with Gasteiger partial charge in [-0.2, -0.15) is 0 Å². The molecule has 0 bridgehead atoms. The number of aryl methyl sites for hydroxylation is 2. The molecule has 3 aromatic rings. The van der Waals surface area contributed by atoms with Crippen molar-refractivity contribution in [3.8, 4) is 11.8 Å². The lowest BCUT2D eigenvalue weighted by Gasteiger charge is -2.05. The van der Waals surface area contributed by atoms with Crippen molar-refractivity contribution in [3.05, 3.63) is 64.9 Å². The van der Waals surface area contributed by atoms with Gasteiger partial charge in [0, 0.05) is 30.6 Å². The van der Waals surface area contributed by atoms with Gasteiger partial charge >= 0.3 is 0 Å². The summed E-state index contributed by atoms with van der Waals surface area (Å²) in [6, 6.07) is 9.67. The van der Waals surface area contributed by atoms with E-state index in [1.54, 1.807) is 13.4 Å². The maximum absolute atomic E-state index is 12.5. The minimum absolute atomic E-state index is 0.242. The van der Waals surface area contributed by atoms with E-state index in [-0.39, 0.29) is 5.91 Å². The number of ether oxygens (including phenoxy) is 1. The fraction of sp³-hybridized carbons (Fsp3) is 0.250. The van der Waals surface area contributed by atoms with Gasteiger partial charge in [0.25, 0.3) is 5.91 Å². The molecule has 0 fully saturated rings. The molecule has 3 rings (SSSR count). The molecule has 6 nitrogen and oxygen atoms in total. The van der Waals surface area contributed by atoms with Crippen LogP contribution in [-0.2, 0) is 11.3 Å². The number of carbonyl (C=O) groups is 1. The Bertz CT molecular complexity index is 994. The number of benzene rings is 1. The van der Waals surface area contributed by atoms with Crippen LogP contribution in [-0.4, -0.2) is 34.0 Å². The van der Waals surface area contributed by atoms with E-state index in [9.17, 15) is 4.79 Å². The average molecular weight is 348 g/mol. The minimum Gasteiger partial charge on any atom is -0.372 e. The van der Waals surface area contributed by atoms with E-state index in [4.69, 9.17) is 4.74 Å². The molecule has 0 radical (unpaired) electrons. The molecule has 1 aromatic carbocycles. The number of nitrogens with zero attached hydrogens (tertiary/aromatic N) is 3. The Morgan fingerprint density at radius 3 is 2.77 bits per heavy atom. The summed E-state index contributed by atoms with van der Waals surface area (Å²) in [5, 5.41) is 2.89. The number of carbonyl (C=O) groups excluding carboxylic acids is 1. The van der Waals surface area contributed by atoms with E-state index in [1.165, 1.54) is 0 Å². The van der Waals surface area contributed by atoms with Crippen molar-refractivity contribution < 1.29 is 9.53 Å². The number of hydrogen-bond donors (Lipinski definition) is 1. The van der Waals surface area contributed by atoms with Gasteiger partial charge in [-0.15, -0.1) is 0 Å². The molecule has 1 N–H and O–H groups in total. The summed E-state index contributed by atoms with van der Waals surface area (Å²) < 4.78 is 6.71. The number of nitrogens with one attached hydrogen (secondary N) is 1. The molecule has 1 amide bonds. The monoisotopic (exact) mass is 348 g/mol. The predicted octanol–water partition coefficient (Wildman–Crippen LogP) is 2.27. The van der Waals surface area contributed by atoms with Crippen molar-refractivity contribution in [2.75, 3.05) is 13.7 Å². The lowest BCUT2D eigenvalue weighted by Crippen LogP contribution is -2.23. The Balaban J connectivity index is 1.69. The molecule has 0 spiro atoms. The van der Waals surface area contributed by atoms with Crippen LogP contribution in [0.2, 0.25) is 0 Å². The zero-order chi connectivity index (χ0) is 18.5. The molecular formula is C20H20N4O2. The SMILES string of the molecule is COCC#Cc1ccc(CNC(=O)c2ncn3c(C)cc(C)nc23)cc1. The normalized spacial score (nSPS) is 10.4. The summed E-state index contributed by atoms with van der Waals surface area (Å²) in [6.07, 6.45) is 1.62. The number of methoxy groups -OCH3 is 1. The van der Waals surface area contributed by atoms with Crippen LogP contribution in [0.5, 0.6) is 0 Å². The first kappa shape index (κ1) is 17.6. The fourth-order valence-corrected chi connectivity index (χ4v) is 2.62. The smallest absolute Gasteiger partial charge is 0.274 e. The van der Waals surface area contributed by atoms with Crippen LogP contribution in [0.25, 0.3) is 5.65 Å². The highest BCUT2D eigenvalue weighted by Gasteiger charge is 2.15. The molecule has 0 saturated carbocycles. The van der Waals surface area contributed by atoms with Crippen LogP contribution in [0.1, 0.15) is 33.0 Å². The highest BCUT2D eigenvalue weighted by molar-refractivity contribution is 5.97. The third-order valence-electron chi connectivity index (χ3n) is 3.89. The topological polar surface area (TPSA) is 68.5 Å². The number of rotatable bonds is 4. The summed E-state index contributed by atoms with van der Waals surface area (Å²) in [7, 11) is 1.61. The van der Waals surface area contributed by atoms with Crippen LogP contribution >= 0.6 is 0 Å². The van der Waals surface area contributed by atoms with Crippen LogP contribution in [0, 0.1) is 25.7 Å². The molecule has 2 heterocycles. The Labute approximate surface area is 152 Å². The largest absolute Gasteiger partial charge is 0.372 e. The molecular weight excluding hydrogens is 328 g/mol. The first-order valence-electron chi connectivity index (χ1n) is 8.24. The number of amides is 1. The van der Waals surface area contributed by atoms with Crippen LogP contribution in [0.15, 0.2) is 36.7 Å². The van der Waals surface area contributed by atoms with E-state index in [1.807, 2.05) is 48.6 Å². The molecule has 132 valence electrons. The highest BCUT2D eigenvalue weighted by Crippen LogP contribution is 2.11. The third kappa shape index (κ3) is 3.90. The van der Waals surface area contributed by atoms with Gasteiger partial charge in [0.2, 0.25) is 0 Å². The molecule has 6 heteroatoms. The molecule has 2 aromatic heterocycles. The Kier molecular flexibility index (Phi) is 5.30. The molecule has 0 aliphatic heterocycles. The van der Waals surface area contributed by atoms with E-state index in [0.717, 1.165) is 22.5 Å². The molecule has 0 aliphatic rings. The standard InChI is InChI=1S/C20H20N4O2/c1-14-11-15(2)24-13-22-18(19(24)23-14)20(25)21-12-17-8-6-16(7-9-17)5-4-10-26-3/h6-9,11,13H,10,12H2,1-3H3,(H,21,25). The van der Waals surface area contributed by atoms with Crippen molar-refractivity contribution in [2.45, 2.75) is 20.4 Å². The predicted molar refractivity (Wildman–Crippen MR) is 98.8 cm³/mol. The second-order valence-electron chi connectivity index (χ2n) is 5.94. The lowest BCUT2D eigenvalue weighted by molar-refractivity contribution is 0.0948. The summed E-state index contributed by atoms with van der Waals surface area (Å²) in [5.41, 5.74) is 4.65. The number of imidazole rings is 1. The van der Waals surface area contributed by atoms with Gasteiger partial charge in [0.1, 0.15) is 12.9 Å². The first-order valence-corrected chi connectivity index (χ1v) is 8.24. The quantitative estimate of drug-likeness (QED) is 0.735. The average Bonchev–Trinajstić information content (AvgIpc) is 3.05. The zero-order valence-corrected chi connectivity index (χ0v) is 15.0. The maximum atomic E-state index is 12.5. The summed E-state index contributed by atoms with van der Waals surface area (Å²) >= 11 is 0. The number of hydrogen-bond acceptors (Lipinski definition) is 4. The maximum Gasteiger partial charge on any atom is 0.274 e. The third-order valence-corrected chi connectivity index (χ3v) is 3.89. The van der Waals surface area contributed by atoms with E-state index < -0.39 is 0 Å². The molecule has 0 aliphatic carbocycles.